The molecule has 0 radical (unpaired) electrons. The number of halogens is 2. The van der Waals surface area contributed by atoms with Gasteiger partial charge in [-0.05, 0) is 35.4 Å². The highest BCUT2D eigenvalue weighted by Crippen LogP contribution is 2.32. The maximum Gasteiger partial charge on any atom is 0.0594 e. The summed E-state index contributed by atoms with van der Waals surface area (Å²) in [4.78, 5) is 5.01. The van der Waals surface area contributed by atoms with Gasteiger partial charge in [0, 0.05) is 66.1 Å². The first-order valence-electron chi connectivity index (χ1n) is 11.5. The maximum atomic E-state index is 7.20. The van der Waals surface area contributed by atoms with E-state index >= 15 is 0 Å². The van der Waals surface area contributed by atoms with Crippen LogP contribution in [0.15, 0.2) is 57.5 Å². The summed E-state index contributed by atoms with van der Waals surface area (Å²) in [6.07, 6.45) is 0. The molecule has 2 saturated heterocycles. The van der Waals surface area contributed by atoms with Crippen molar-refractivity contribution in [1.82, 2.24) is 9.80 Å². The van der Waals surface area contributed by atoms with Gasteiger partial charge in [0.2, 0.25) is 0 Å². The van der Waals surface area contributed by atoms with Gasteiger partial charge in [0.05, 0.1) is 26.4 Å². The van der Waals surface area contributed by atoms with Gasteiger partial charge in [0.15, 0.2) is 0 Å². The number of ether oxygens (including phenoxy) is 2. The van der Waals surface area contributed by atoms with E-state index in [1.165, 1.54) is 11.1 Å². The third-order valence-corrected chi connectivity index (χ3v) is 7.70. The smallest absolute Gasteiger partial charge is 0.0594 e. The second-order valence-corrected chi connectivity index (χ2v) is 10.6. The molecular weight excluding hydrogens is 534 g/mol. The van der Waals surface area contributed by atoms with Crippen molar-refractivity contribution in [3.05, 3.63) is 68.6 Å². The first kappa shape index (κ1) is 24.3. The lowest BCUT2D eigenvalue weighted by Crippen LogP contribution is -2.48. The van der Waals surface area contributed by atoms with E-state index in [1.807, 2.05) is 0 Å². The molecule has 0 spiro atoms. The van der Waals surface area contributed by atoms with Crippen LogP contribution in [0.4, 0.5) is 0 Å². The van der Waals surface area contributed by atoms with Gasteiger partial charge < -0.3 is 15.2 Å². The summed E-state index contributed by atoms with van der Waals surface area (Å²) in [5, 5.41) is 0. The summed E-state index contributed by atoms with van der Waals surface area (Å²) in [5.74, 6) is 0.465. The Hall–Kier alpha value is -0.800. The molecule has 174 valence electrons. The van der Waals surface area contributed by atoms with E-state index in [0.717, 1.165) is 74.6 Å². The van der Waals surface area contributed by atoms with E-state index in [9.17, 15) is 0 Å². The highest BCUT2D eigenvalue weighted by Gasteiger charge is 2.32. The quantitative estimate of drug-likeness (QED) is 0.522. The van der Waals surface area contributed by atoms with Crippen molar-refractivity contribution in [2.24, 2.45) is 5.73 Å². The lowest BCUT2D eigenvalue weighted by molar-refractivity contribution is 0.0279. The van der Waals surface area contributed by atoms with Crippen molar-refractivity contribution in [3.63, 3.8) is 0 Å². The Morgan fingerprint density at radius 3 is 1.34 bits per heavy atom. The van der Waals surface area contributed by atoms with Crippen LogP contribution in [0.25, 0.3) is 0 Å². The van der Waals surface area contributed by atoms with E-state index in [-0.39, 0.29) is 17.9 Å². The average molecular weight is 567 g/mol. The van der Waals surface area contributed by atoms with Gasteiger partial charge in [-0.2, -0.15) is 0 Å². The standard InChI is InChI=1S/C25H33Br2N3O2/c26-21-5-1-19(2-6-21)23(17-29-9-13-31-14-10-29)25(28)24(18-30-11-15-32-16-12-30)20-3-7-22(27)8-4-20/h1-8,23-25H,9-18,28H2/t23-,24-/m0/s1. The van der Waals surface area contributed by atoms with E-state index in [2.05, 4.69) is 90.2 Å². The van der Waals surface area contributed by atoms with Crippen LogP contribution in [0.3, 0.4) is 0 Å². The fourth-order valence-electron chi connectivity index (χ4n) is 4.72. The molecule has 2 heterocycles. The molecule has 2 aliphatic heterocycles. The molecular formula is C25H33Br2N3O2. The third kappa shape index (κ3) is 6.63. The Kier molecular flexibility index (Phi) is 9.17. The highest BCUT2D eigenvalue weighted by atomic mass is 79.9. The summed E-state index contributed by atoms with van der Waals surface area (Å²) in [5.41, 5.74) is 9.80. The van der Waals surface area contributed by atoms with E-state index in [4.69, 9.17) is 15.2 Å². The van der Waals surface area contributed by atoms with Crippen molar-refractivity contribution in [2.75, 3.05) is 65.7 Å². The SMILES string of the molecule is NC([C@@H](CN1CCOCC1)c1ccc(Br)cc1)[C@@H](CN1CCOCC1)c1ccc(Br)cc1. The minimum Gasteiger partial charge on any atom is -0.379 e. The molecule has 2 atom stereocenters. The first-order valence-corrected chi connectivity index (χ1v) is 13.1. The van der Waals surface area contributed by atoms with Crippen LogP contribution in [0, 0.1) is 0 Å². The van der Waals surface area contributed by atoms with Crippen molar-refractivity contribution >= 4 is 31.9 Å². The van der Waals surface area contributed by atoms with Crippen molar-refractivity contribution in [1.29, 1.82) is 0 Å². The number of nitrogens with two attached hydrogens (primary N) is 1. The number of hydrogen-bond acceptors (Lipinski definition) is 5. The van der Waals surface area contributed by atoms with Crippen molar-refractivity contribution in [3.8, 4) is 0 Å². The largest absolute Gasteiger partial charge is 0.379 e. The monoisotopic (exact) mass is 565 g/mol. The summed E-state index contributed by atoms with van der Waals surface area (Å²) in [6, 6.07) is 17.4. The zero-order valence-electron chi connectivity index (χ0n) is 18.5. The Labute approximate surface area is 208 Å². The molecule has 2 aliphatic rings. The van der Waals surface area contributed by atoms with Crippen LogP contribution in [-0.4, -0.2) is 81.5 Å². The molecule has 2 fully saturated rings. The number of hydrogen-bond donors (Lipinski definition) is 1. The minimum absolute atomic E-state index is 0.0111. The van der Waals surface area contributed by atoms with Crippen LogP contribution in [0.5, 0.6) is 0 Å². The zero-order valence-corrected chi connectivity index (χ0v) is 21.6. The Bertz CT molecular complexity index is 753. The zero-order chi connectivity index (χ0) is 22.3. The Balaban J connectivity index is 1.62. The van der Waals surface area contributed by atoms with Gasteiger partial charge in [-0.25, -0.2) is 0 Å². The first-order chi connectivity index (χ1) is 15.6. The van der Waals surface area contributed by atoms with Gasteiger partial charge in [0.1, 0.15) is 0 Å². The Morgan fingerprint density at radius 1 is 0.656 bits per heavy atom. The molecule has 2 aromatic rings. The second kappa shape index (κ2) is 12.1. The number of benzene rings is 2. The van der Waals surface area contributed by atoms with Crippen LogP contribution in [0.1, 0.15) is 23.0 Å². The normalized spacial score (nSPS) is 20.4. The fourth-order valence-corrected chi connectivity index (χ4v) is 5.25. The summed E-state index contributed by atoms with van der Waals surface area (Å²) in [6.45, 7) is 8.94. The molecule has 0 saturated carbocycles. The molecule has 0 bridgehead atoms. The lowest BCUT2D eigenvalue weighted by atomic mass is 9.80. The van der Waals surface area contributed by atoms with Crippen LogP contribution in [0.2, 0.25) is 0 Å². The van der Waals surface area contributed by atoms with Gasteiger partial charge in [-0.15, -0.1) is 0 Å². The van der Waals surface area contributed by atoms with Crippen LogP contribution in [-0.2, 0) is 9.47 Å². The second-order valence-electron chi connectivity index (χ2n) is 8.72. The molecule has 4 rings (SSSR count). The summed E-state index contributed by atoms with van der Waals surface area (Å²) < 4.78 is 13.4. The van der Waals surface area contributed by atoms with E-state index in [0.29, 0.717) is 0 Å². The molecule has 5 nitrogen and oxygen atoms in total. The molecule has 0 aliphatic carbocycles. The molecule has 0 amide bonds. The average Bonchev–Trinajstić information content (AvgIpc) is 2.83. The summed E-state index contributed by atoms with van der Waals surface area (Å²) >= 11 is 7.17. The summed E-state index contributed by atoms with van der Waals surface area (Å²) in [7, 11) is 0. The molecule has 7 heteroatoms. The van der Waals surface area contributed by atoms with Crippen LogP contribution < -0.4 is 5.73 Å². The molecule has 32 heavy (non-hydrogen) atoms. The number of nitrogens with zero attached hydrogens (tertiary/aromatic N) is 2. The highest BCUT2D eigenvalue weighted by molar-refractivity contribution is 9.10. The van der Waals surface area contributed by atoms with Crippen molar-refractivity contribution < 1.29 is 9.47 Å². The fraction of sp³-hybridized carbons (Fsp3) is 0.520. The predicted octanol–water partition coefficient (Wildman–Crippen LogP) is 4.07. The van der Waals surface area contributed by atoms with Gasteiger partial charge in [0.25, 0.3) is 0 Å². The topological polar surface area (TPSA) is 51.0 Å². The molecule has 2 N–H and O–H groups in total. The minimum atomic E-state index is -0.0111. The van der Waals surface area contributed by atoms with E-state index in [1.54, 1.807) is 0 Å². The van der Waals surface area contributed by atoms with Crippen LogP contribution >= 0.6 is 31.9 Å². The number of rotatable bonds is 8. The predicted molar refractivity (Wildman–Crippen MR) is 136 cm³/mol. The molecule has 2 aromatic carbocycles. The Morgan fingerprint density at radius 2 is 1.00 bits per heavy atom. The van der Waals surface area contributed by atoms with Gasteiger partial charge in [-0.3, -0.25) is 9.80 Å². The van der Waals surface area contributed by atoms with Crippen molar-refractivity contribution in [2.45, 2.75) is 17.9 Å². The number of morpholine rings is 2. The van der Waals surface area contributed by atoms with Gasteiger partial charge in [-0.1, -0.05) is 56.1 Å². The van der Waals surface area contributed by atoms with E-state index < -0.39 is 0 Å². The maximum absolute atomic E-state index is 7.20. The molecule has 0 unspecified atom stereocenters. The lowest BCUT2D eigenvalue weighted by Gasteiger charge is -2.39. The van der Waals surface area contributed by atoms with Gasteiger partial charge >= 0.3 is 0 Å². The molecule has 0 aromatic heterocycles. The third-order valence-electron chi connectivity index (χ3n) is 6.64.